The summed E-state index contributed by atoms with van der Waals surface area (Å²) in [5.41, 5.74) is 4.02. The van der Waals surface area contributed by atoms with E-state index in [2.05, 4.69) is 47.7 Å². The Morgan fingerprint density at radius 1 is 1.24 bits per heavy atom. The summed E-state index contributed by atoms with van der Waals surface area (Å²) in [6.45, 7) is 0.838. The zero-order valence-corrected chi connectivity index (χ0v) is 12.7. The van der Waals surface area contributed by atoms with Gasteiger partial charge in [-0.25, -0.2) is 0 Å². The molecule has 0 aromatic heterocycles. The lowest BCUT2D eigenvalue weighted by Crippen LogP contribution is -2.14. The van der Waals surface area contributed by atoms with E-state index in [9.17, 15) is 5.11 Å². The Bertz CT molecular complexity index is 415. The molecule has 0 saturated heterocycles. The van der Waals surface area contributed by atoms with Gasteiger partial charge < -0.3 is 10.0 Å². The van der Waals surface area contributed by atoms with Crippen LogP contribution in [0.15, 0.2) is 6.07 Å². The van der Waals surface area contributed by atoms with Crippen LogP contribution in [-0.4, -0.2) is 24.1 Å². The quantitative estimate of drug-likeness (QED) is 0.657. The van der Waals surface area contributed by atoms with Crippen molar-refractivity contribution in [2.45, 2.75) is 38.6 Å². The predicted octanol–water partition coefficient (Wildman–Crippen LogP) is 3.33. The summed E-state index contributed by atoms with van der Waals surface area (Å²) in [7, 11) is 4.12. The molecule has 3 heteroatoms. The van der Waals surface area contributed by atoms with Crippen molar-refractivity contribution in [2.24, 2.45) is 0 Å². The number of phenols is 1. The molecular weight excluding hydrogens is 325 g/mol. The molecule has 0 radical (unpaired) electrons. The number of benzene rings is 1. The van der Waals surface area contributed by atoms with E-state index in [1.807, 2.05) is 0 Å². The molecule has 1 aromatic carbocycles. The lowest BCUT2D eigenvalue weighted by Gasteiger charge is -2.19. The fraction of sp³-hybridized carbons (Fsp3) is 0.571. The summed E-state index contributed by atoms with van der Waals surface area (Å²) in [6.07, 6.45) is 6.16. The molecule has 1 aliphatic carbocycles. The maximum Gasteiger partial charge on any atom is 0.133 e. The first kappa shape index (κ1) is 13.1. The van der Waals surface area contributed by atoms with Crippen LogP contribution in [-0.2, 0) is 19.4 Å². The Hall–Kier alpha value is -0.290. The molecule has 2 rings (SSSR count). The first-order valence-corrected chi connectivity index (χ1v) is 7.34. The first-order valence-electron chi connectivity index (χ1n) is 6.26. The van der Waals surface area contributed by atoms with Gasteiger partial charge in [-0.3, -0.25) is 0 Å². The van der Waals surface area contributed by atoms with Gasteiger partial charge in [-0.1, -0.05) is 6.42 Å². The van der Waals surface area contributed by atoms with E-state index in [0.29, 0.717) is 5.75 Å². The molecule has 0 amide bonds. The van der Waals surface area contributed by atoms with E-state index in [1.165, 1.54) is 36.8 Å². The number of hydrogen-bond acceptors (Lipinski definition) is 2. The summed E-state index contributed by atoms with van der Waals surface area (Å²) >= 11 is 2.25. The SMILES string of the molecule is CN(C)Cc1c(O)c(I)cc2c1CCCCC2. The van der Waals surface area contributed by atoms with Gasteiger partial charge in [0.25, 0.3) is 0 Å². The van der Waals surface area contributed by atoms with Crippen LogP contribution in [0.4, 0.5) is 0 Å². The van der Waals surface area contributed by atoms with Crippen LogP contribution in [0.5, 0.6) is 5.75 Å². The average molecular weight is 345 g/mol. The van der Waals surface area contributed by atoms with Crippen molar-refractivity contribution < 1.29 is 5.11 Å². The summed E-state index contributed by atoms with van der Waals surface area (Å²) in [5, 5.41) is 10.3. The summed E-state index contributed by atoms with van der Waals surface area (Å²) < 4.78 is 1.00. The lowest BCUT2D eigenvalue weighted by atomic mass is 9.96. The maximum absolute atomic E-state index is 10.3. The standard InChI is InChI=1S/C14H20INO/c1-16(2)9-12-11-7-5-3-4-6-10(11)8-13(15)14(12)17/h8,17H,3-7,9H2,1-2H3. The molecule has 0 aliphatic heterocycles. The highest BCUT2D eigenvalue weighted by Crippen LogP contribution is 2.34. The van der Waals surface area contributed by atoms with Crippen LogP contribution in [0, 0.1) is 3.57 Å². The minimum absolute atomic E-state index is 0.500. The van der Waals surface area contributed by atoms with Crippen molar-refractivity contribution in [3.8, 4) is 5.75 Å². The predicted molar refractivity (Wildman–Crippen MR) is 79.5 cm³/mol. The van der Waals surface area contributed by atoms with Crippen LogP contribution < -0.4 is 0 Å². The minimum Gasteiger partial charge on any atom is -0.506 e. The van der Waals surface area contributed by atoms with Crippen molar-refractivity contribution >= 4 is 22.6 Å². The van der Waals surface area contributed by atoms with Crippen molar-refractivity contribution in [1.29, 1.82) is 0 Å². The van der Waals surface area contributed by atoms with Crippen LogP contribution in [0.3, 0.4) is 0 Å². The molecule has 0 heterocycles. The Kier molecular flexibility index (Phi) is 4.31. The minimum atomic E-state index is 0.500. The Morgan fingerprint density at radius 2 is 1.94 bits per heavy atom. The van der Waals surface area contributed by atoms with Crippen LogP contribution in [0.25, 0.3) is 0 Å². The Balaban J connectivity index is 2.49. The van der Waals surface area contributed by atoms with Crippen molar-refractivity contribution in [3.63, 3.8) is 0 Å². The molecule has 94 valence electrons. The highest BCUT2D eigenvalue weighted by molar-refractivity contribution is 14.1. The molecule has 2 nitrogen and oxygen atoms in total. The number of aromatic hydroxyl groups is 1. The van der Waals surface area contributed by atoms with Gasteiger partial charge in [0.2, 0.25) is 0 Å². The van der Waals surface area contributed by atoms with Gasteiger partial charge in [0.05, 0.1) is 3.57 Å². The van der Waals surface area contributed by atoms with E-state index in [4.69, 9.17) is 0 Å². The van der Waals surface area contributed by atoms with Gasteiger partial charge in [-0.2, -0.15) is 0 Å². The van der Waals surface area contributed by atoms with Gasteiger partial charge in [0, 0.05) is 12.1 Å². The third kappa shape index (κ3) is 2.94. The summed E-state index contributed by atoms with van der Waals surface area (Å²) in [6, 6.07) is 2.18. The van der Waals surface area contributed by atoms with Crippen LogP contribution >= 0.6 is 22.6 Å². The molecule has 0 bridgehead atoms. The Labute approximate surface area is 117 Å². The number of halogens is 1. The molecule has 0 unspecified atom stereocenters. The summed E-state index contributed by atoms with van der Waals surface area (Å²) in [4.78, 5) is 2.14. The molecule has 17 heavy (non-hydrogen) atoms. The fourth-order valence-corrected chi connectivity index (χ4v) is 3.31. The summed E-state index contributed by atoms with van der Waals surface area (Å²) in [5.74, 6) is 0.500. The third-order valence-electron chi connectivity index (χ3n) is 3.41. The molecule has 0 atom stereocenters. The van der Waals surface area contributed by atoms with Gasteiger partial charge in [-0.15, -0.1) is 0 Å². The second-order valence-corrected chi connectivity index (χ2v) is 6.28. The van der Waals surface area contributed by atoms with Crippen molar-refractivity contribution in [1.82, 2.24) is 4.90 Å². The Morgan fingerprint density at radius 3 is 2.65 bits per heavy atom. The van der Waals surface area contributed by atoms with Gasteiger partial charge in [0.1, 0.15) is 5.75 Å². The number of hydrogen-bond donors (Lipinski definition) is 1. The molecule has 1 aliphatic rings. The number of nitrogens with zero attached hydrogens (tertiary/aromatic N) is 1. The monoisotopic (exact) mass is 345 g/mol. The van der Waals surface area contributed by atoms with Gasteiger partial charge in [-0.05, 0) is 79.6 Å². The van der Waals surface area contributed by atoms with Gasteiger partial charge in [0.15, 0.2) is 0 Å². The van der Waals surface area contributed by atoms with Crippen LogP contribution in [0.2, 0.25) is 0 Å². The zero-order valence-electron chi connectivity index (χ0n) is 10.6. The maximum atomic E-state index is 10.3. The molecule has 1 N–H and O–H groups in total. The van der Waals surface area contributed by atoms with Gasteiger partial charge >= 0.3 is 0 Å². The van der Waals surface area contributed by atoms with E-state index < -0.39 is 0 Å². The third-order valence-corrected chi connectivity index (χ3v) is 4.23. The topological polar surface area (TPSA) is 23.5 Å². The smallest absolute Gasteiger partial charge is 0.133 e. The molecular formula is C14H20INO. The molecule has 0 spiro atoms. The van der Waals surface area contributed by atoms with E-state index in [-0.39, 0.29) is 0 Å². The van der Waals surface area contributed by atoms with Crippen LogP contribution in [0.1, 0.15) is 36.0 Å². The number of rotatable bonds is 2. The first-order chi connectivity index (χ1) is 8.09. The fourth-order valence-electron chi connectivity index (χ4n) is 2.60. The molecule has 1 aromatic rings. The molecule has 0 fully saturated rings. The number of aryl methyl sites for hydroxylation is 1. The van der Waals surface area contributed by atoms with Crippen molar-refractivity contribution in [3.05, 3.63) is 26.3 Å². The number of fused-ring (bicyclic) bond motifs is 1. The zero-order chi connectivity index (χ0) is 12.4. The molecule has 0 saturated carbocycles. The number of phenolic OH excluding ortho intramolecular Hbond substituents is 1. The van der Waals surface area contributed by atoms with Crippen molar-refractivity contribution in [2.75, 3.05) is 14.1 Å². The van der Waals surface area contributed by atoms with E-state index >= 15 is 0 Å². The highest BCUT2D eigenvalue weighted by atomic mass is 127. The average Bonchev–Trinajstić information content (AvgIpc) is 2.49. The van der Waals surface area contributed by atoms with E-state index in [0.717, 1.165) is 22.1 Å². The van der Waals surface area contributed by atoms with E-state index in [1.54, 1.807) is 0 Å². The normalized spacial score (nSPS) is 15.8. The largest absolute Gasteiger partial charge is 0.506 e. The second kappa shape index (κ2) is 5.57. The highest BCUT2D eigenvalue weighted by Gasteiger charge is 2.18. The second-order valence-electron chi connectivity index (χ2n) is 5.12. The lowest BCUT2D eigenvalue weighted by molar-refractivity contribution is 0.382.